The second kappa shape index (κ2) is 6.48. The molecule has 0 unspecified atom stereocenters. The van der Waals surface area contributed by atoms with E-state index in [1.807, 2.05) is 11.9 Å². The van der Waals surface area contributed by atoms with Gasteiger partial charge in [0.1, 0.15) is 0 Å². The molecule has 0 spiro atoms. The first kappa shape index (κ1) is 13.0. The summed E-state index contributed by atoms with van der Waals surface area (Å²) < 4.78 is 0. The second-order valence-corrected chi connectivity index (χ2v) is 4.20. The third-order valence-corrected chi connectivity index (χ3v) is 2.91. The number of likely N-dealkylation sites (tertiary alicyclic amines) is 1. The predicted molar refractivity (Wildman–Crippen MR) is 62.0 cm³/mol. The molecular formula is C11H21N3O2. The second-order valence-electron chi connectivity index (χ2n) is 4.20. The first-order chi connectivity index (χ1) is 7.63. The number of nitrogens with zero attached hydrogens (tertiary/aromatic N) is 1. The largest absolute Gasteiger partial charge is 0.353 e. The zero-order valence-corrected chi connectivity index (χ0v) is 10.1. The van der Waals surface area contributed by atoms with E-state index in [-0.39, 0.29) is 17.9 Å². The molecule has 0 radical (unpaired) electrons. The molecule has 1 aliphatic rings. The molecule has 1 saturated heterocycles. The van der Waals surface area contributed by atoms with Crippen LogP contribution in [0.4, 0.5) is 0 Å². The molecule has 0 atom stereocenters. The lowest BCUT2D eigenvalue weighted by Crippen LogP contribution is -2.46. The van der Waals surface area contributed by atoms with Crippen LogP contribution in [0.5, 0.6) is 0 Å². The number of carbonyl (C=O) groups excluding carboxylic acids is 2. The minimum atomic E-state index is 0.0932. The van der Waals surface area contributed by atoms with Gasteiger partial charge in [0, 0.05) is 39.0 Å². The van der Waals surface area contributed by atoms with E-state index < -0.39 is 0 Å². The van der Waals surface area contributed by atoms with Crippen molar-refractivity contribution in [3.8, 4) is 0 Å². The van der Waals surface area contributed by atoms with E-state index in [1.165, 1.54) is 0 Å². The number of carbonyl (C=O) groups is 2. The fourth-order valence-electron chi connectivity index (χ4n) is 1.88. The number of nitrogens with one attached hydrogen (secondary N) is 2. The van der Waals surface area contributed by atoms with Crippen molar-refractivity contribution in [1.29, 1.82) is 0 Å². The molecule has 92 valence electrons. The van der Waals surface area contributed by atoms with Gasteiger partial charge in [-0.3, -0.25) is 9.59 Å². The number of hydrogen-bond acceptors (Lipinski definition) is 3. The third kappa shape index (κ3) is 4.18. The summed E-state index contributed by atoms with van der Waals surface area (Å²) in [6.07, 6.45) is 2.25. The Kier molecular flexibility index (Phi) is 5.25. The monoisotopic (exact) mass is 227 g/mol. The normalized spacial score (nSPS) is 17.2. The summed E-state index contributed by atoms with van der Waals surface area (Å²) in [7, 11) is 1.83. The molecule has 1 aliphatic heterocycles. The highest BCUT2D eigenvalue weighted by Gasteiger charge is 2.21. The van der Waals surface area contributed by atoms with Crippen LogP contribution in [0.1, 0.15) is 26.2 Å². The molecule has 0 saturated carbocycles. The van der Waals surface area contributed by atoms with Gasteiger partial charge >= 0.3 is 0 Å². The van der Waals surface area contributed by atoms with Crippen molar-refractivity contribution in [3.63, 3.8) is 0 Å². The van der Waals surface area contributed by atoms with Gasteiger partial charge in [0.05, 0.1) is 0 Å². The molecule has 5 heteroatoms. The van der Waals surface area contributed by atoms with E-state index in [1.54, 1.807) is 6.92 Å². The Hall–Kier alpha value is -1.10. The fourth-order valence-corrected chi connectivity index (χ4v) is 1.88. The van der Waals surface area contributed by atoms with E-state index >= 15 is 0 Å². The predicted octanol–water partition coefficient (Wildman–Crippen LogP) is -0.277. The summed E-state index contributed by atoms with van der Waals surface area (Å²) in [6.45, 7) is 3.81. The maximum absolute atomic E-state index is 11.5. The van der Waals surface area contributed by atoms with Crippen molar-refractivity contribution in [2.45, 2.75) is 32.2 Å². The highest BCUT2D eigenvalue weighted by Crippen LogP contribution is 2.10. The van der Waals surface area contributed by atoms with Gasteiger partial charge in [0.25, 0.3) is 0 Å². The smallest absolute Gasteiger partial charge is 0.221 e. The average Bonchev–Trinajstić information content (AvgIpc) is 2.27. The molecule has 2 amide bonds. The van der Waals surface area contributed by atoms with Gasteiger partial charge < -0.3 is 15.5 Å². The van der Waals surface area contributed by atoms with Crippen LogP contribution in [-0.4, -0.2) is 49.4 Å². The maximum atomic E-state index is 11.5. The van der Waals surface area contributed by atoms with E-state index in [2.05, 4.69) is 10.6 Å². The zero-order chi connectivity index (χ0) is 12.0. The number of amides is 2. The third-order valence-electron chi connectivity index (χ3n) is 2.91. The van der Waals surface area contributed by atoms with Crippen LogP contribution in [0.3, 0.4) is 0 Å². The van der Waals surface area contributed by atoms with Crippen LogP contribution in [0, 0.1) is 0 Å². The molecule has 0 aromatic carbocycles. The van der Waals surface area contributed by atoms with E-state index in [9.17, 15) is 9.59 Å². The van der Waals surface area contributed by atoms with Gasteiger partial charge in [-0.2, -0.15) is 0 Å². The Morgan fingerprint density at radius 3 is 2.44 bits per heavy atom. The highest BCUT2D eigenvalue weighted by atomic mass is 16.2. The molecule has 0 aliphatic carbocycles. The Balaban J connectivity index is 2.21. The van der Waals surface area contributed by atoms with Gasteiger partial charge in [0.2, 0.25) is 11.8 Å². The standard InChI is InChI=1S/C11H21N3O2/c1-9(15)14-7-4-10(5-8-14)13-11(16)3-6-12-2/h10,12H,3-8H2,1-2H3,(H,13,16). The first-order valence-corrected chi connectivity index (χ1v) is 5.83. The van der Waals surface area contributed by atoms with Crippen molar-refractivity contribution in [3.05, 3.63) is 0 Å². The molecule has 1 rings (SSSR count). The summed E-state index contributed by atoms with van der Waals surface area (Å²) in [4.78, 5) is 24.4. The quantitative estimate of drug-likeness (QED) is 0.694. The molecule has 1 fully saturated rings. The summed E-state index contributed by atoms with van der Waals surface area (Å²) in [5.41, 5.74) is 0. The Morgan fingerprint density at radius 1 is 1.31 bits per heavy atom. The van der Waals surface area contributed by atoms with Crippen LogP contribution in [-0.2, 0) is 9.59 Å². The summed E-state index contributed by atoms with van der Waals surface area (Å²) in [5.74, 6) is 0.218. The van der Waals surface area contributed by atoms with Crippen molar-refractivity contribution >= 4 is 11.8 Å². The zero-order valence-electron chi connectivity index (χ0n) is 10.1. The lowest BCUT2D eigenvalue weighted by atomic mass is 10.0. The summed E-state index contributed by atoms with van der Waals surface area (Å²) in [6, 6.07) is 0.236. The molecule has 0 aromatic rings. The first-order valence-electron chi connectivity index (χ1n) is 5.83. The van der Waals surface area contributed by atoms with Crippen molar-refractivity contribution < 1.29 is 9.59 Å². The van der Waals surface area contributed by atoms with Crippen LogP contribution in [0.25, 0.3) is 0 Å². The van der Waals surface area contributed by atoms with E-state index in [4.69, 9.17) is 0 Å². The van der Waals surface area contributed by atoms with Gasteiger partial charge in [-0.1, -0.05) is 0 Å². The molecule has 16 heavy (non-hydrogen) atoms. The van der Waals surface area contributed by atoms with Crippen molar-refractivity contribution in [1.82, 2.24) is 15.5 Å². The highest BCUT2D eigenvalue weighted by molar-refractivity contribution is 5.76. The van der Waals surface area contributed by atoms with Gasteiger partial charge in [-0.05, 0) is 19.9 Å². The average molecular weight is 227 g/mol. The minimum Gasteiger partial charge on any atom is -0.353 e. The van der Waals surface area contributed by atoms with Crippen LogP contribution >= 0.6 is 0 Å². The molecule has 0 aromatic heterocycles. The summed E-state index contributed by atoms with van der Waals surface area (Å²) in [5, 5.41) is 5.94. The minimum absolute atomic E-state index is 0.0932. The summed E-state index contributed by atoms with van der Waals surface area (Å²) >= 11 is 0. The Labute approximate surface area is 96.6 Å². The van der Waals surface area contributed by atoms with Crippen molar-refractivity contribution in [2.75, 3.05) is 26.7 Å². The number of rotatable bonds is 4. The molecule has 2 N–H and O–H groups in total. The fraction of sp³-hybridized carbons (Fsp3) is 0.818. The van der Waals surface area contributed by atoms with Crippen LogP contribution < -0.4 is 10.6 Å². The number of piperidine rings is 1. The topological polar surface area (TPSA) is 61.4 Å². The van der Waals surface area contributed by atoms with Crippen molar-refractivity contribution in [2.24, 2.45) is 0 Å². The van der Waals surface area contributed by atoms with Gasteiger partial charge in [0.15, 0.2) is 0 Å². The molecule has 0 bridgehead atoms. The Bertz CT molecular complexity index is 248. The van der Waals surface area contributed by atoms with E-state index in [0.29, 0.717) is 13.0 Å². The van der Waals surface area contributed by atoms with E-state index in [0.717, 1.165) is 25.9 Å². The maximum Gasteiger partial charge on any atom is 0.221 e. The van der Waals surface area contributed by atoms with Crippen LogP contribution in [0.15, 0.2) is 0 Å². The van der Waals surface area contributed by atoms with Crippen LogP contribution in [0.2, 0.25) is 0 Å². The van der Waals surface area contributed by atoms with Gasteiger partial charge in [-0.25, -0.2) is 0 Å². The SMILES string of the molecule is CNCCC(=O)NC1CCN(C(C)=O)CC1. The molecule has 1 heterocycles. The molecular weight excluding hydrogens is 206 g/mol. The lowest BCUT2D eigenvalue weighted by Gasteiger charge is -2.31. The number of hydrogen-bond donors (Lipinski definition) is 2. The Morgan fingerprint density at radius 2 is 1.94 bits per heavy atom. The lowest BCUT2D eigenvalue weighted by molar-refractivity contribution is -0.130. The van der Waals surface area contributed by atoms with Gasteiger partial charge in [-0.15, -0.1) is 0 Å². The molecule has 5 nitrogen and oxygen atoms in total.